The molecule has 2 amide bonds. The van der Waals surface area contributed by atoms with Gasteiger partial charge in [0.1, 0.15) is 18.4 Å². The lowest BCUT2D eigenvalue weighted by molar-refractivity contribution is -0.158. The number of amides is 2. The number of carbonyl (C=O) groups excluding carboxylic acids is 3. The van der Waals surface area contributed by atoms with E-state index in [1.165, 1.54) is 17.2 Å². The molecule has 10 heteroatoms. The van der Waals surface area contributed by atoms with Crippen LogP contribution in [-0.4, -0.2) is 75.3 Å². The maximum absolute atomic E-state index is 13.2. The fourth-order valence-electron chi connectivity index (χ4n) is 4.77. The summed E-state index contributed by atoms with van der Waals surface area (Å²) in [6.45, 7) is 8.25. The quantitative estimate of drug-likeness (QED) is 0.471. The minimum atomic E-state index is -0.947. The van der Waals surface area contributed by atoms with Gasteiger partial charge in [-0.15, -0.1) is 0 Å². The van der Waals surface area contributed by atoms with Crippen molar-refractivity contribution in [2.75, 3.05) is 13.1 Å². The van der Waals surface area contributed by atoms with E-state index >= 15 is 0 Å². The first-order valence-electron chi connectivity index (χ1n) is 13.2. The number of allylic oxidation sites excluding steroid dienone is 2. The lowest BCUT2D eigenvalue weighted by Crippen LogP contribution is -2.44. The van der Waals surface area contributed by atoms with Crippen molar-refractivity contribution in [1.82, 2.24) is 15.2 Å². The lowest BCUT2D eigenvalue weighted by atomic mass is 9.94. The first kappa shape index (κ1) is 29.3. The molecule has 2 aliphatic heterocycles. The van der Waals surface area contributed by atoms with Gasteiger partial charge in [0.05, 0.1) is 18.6 Å². The van der Waals surface area contributed by atoms with Crippen molar-refractivity contribution < 1.29 is 33.8 Å². The van der Waals surface area contributed by atoms with E-state index in [0.29, 0.717) is 25.9 Å². The number of esters is 1. The second kappa shape index (κ2) is 13.5. The molecule has 0 aromatic carbocycles. The molecule has 0 spiro atoms. The molecule has 208 valence electrons. The summed E-state index contributed by atoms with van der Waals surface area (Å²) in [5, 5.41) is 23.5. The highest BCUT2D eigenvalue weighted by Crippen LogP contribution is 2.25. The minimum absolute atomic E-state index is 0.0146. The molecule has 3 N–H and O–H groups in total. The molecule has 0 unspecified atom stereocenters. The van der Waals surface area contributed by atoms with Gasteiger partial charge in [0.2, 0.25) is 5.91 Å². The molecule has 0 saturated carbocycles. The Hall–Kier alpha value is -3.24. The van der Waals surface area contributed by atoms with Gasteiger partial charge in [-0.25, -0.2) is 9.78 Å². The van der Waals surface area contributed by atoms with Crippen molar-refractivity contribution in [2.24, 2.45) is 11.8 Å². The second-order valence-corrected chi connectivity index (χ2v) is 10.4. The Labute approximate surface area is 223 Å². The number of cyclic esters (lactones) is 1. The van der Waals surface area contributed by atoms with Crippen molar-refractivity contribution >= 4 is 17.8 Å². The summed E-state index contributed by atoms with van der Waals surface area (Å²) in [5.74, 6) is -1.29. The first-order valence-corrected chi connectivity index (χ1v) is 13.2. The molecule has 1 aromatic heterocycles. The molecule has 1 saturated heterocycles. The summed E-state index contributed by atoms with van der Waals surface area (Å²) in [5.41, 5.74) is 0.821. The number of fused-ring (bicyclic) bond motifs is 3. The monoisotopic (exact) mass is 529 g/mol. The van der Waals surface area contributed by atoms with Crippen LogP contribution in [0, 0.1) is 11.8 Å². The zero-order valence-corrected chi connectivity index (χ0v) is 22.5. The number of carbonyl (C=O) groups is 3. The summed E-state index contributed by atoms with van der Waals surface area (Å²) in [7, 11) is 0. The van der Waals surface area contributed by atoms with Gasteiger partial charge in [-0.05, 0) is 31.8 Å². The average Bonchev–Trinajstić information content (AvgIpc) is 3.52. The number of aromatic nitrogens is 1. The van der Waals surface area contributed by atoms with Crippen LogP contribution >= 0.6 is 0 Å². The molecule has 0 aliphatic carbocycles. The fourth-order valence-corrected chi connectivity index (χ4v) is 4.77. The largest absolute Gasteiger partial charge is 0.460 e. The zero-order valence-electron chi connectivity index (χ0n) is 22.5. The smallest absolute Gasteiger partial charge is 0.329 e. The summed E-state index contributed by atoms with van der Waals surface area (Å²) in [4.78, 5) is 44.3. The molecule has 2 aliphatic rings. The standard InChI is InChI=1S/C28H39N3O7/c1-17(2)26-19(4)9-10-24(34)29-11-5-7-18(3)13-20(32)14-21(33)15-25-30-22(16-37-25)27(35)31-12-6-8-23(31)28(36)38-26/h5,7,9-10,13,16-17,19-21,23,26,32-33H,6,8,11-12,14-15H2,1-4H3,(H,29,34)/b7-5+,10-9+,18-13+/t19-,20+,21+,23+,26-/m0/s1. The summed E-state index contributed by atoms with van der Waals surface area (Å²) < 4.78 is 11.3. The summed E-state index contributed by atoms with van der Waals surface area (Å²) in [6, 6.07) is -0.743. The van der Waals surface area contributed by atoms with Crippen LogP contribution in [0.15, 0.2) is 46.6 Å². The molecular formula is C28H39N3O7. The lowest BCUT2D eigenvalue weighted by Gasteiger charge is -2.29. The molecule has 5 atom stereocenters. The maximum Gasteiger partial charge on any atom is 0.329 e. The molecule has 0 radical (unpaired) electrons. The van der Waals surface area contributed by atoms with Crippen LogP contribution in [0.4, 0.5) is 0 Å². The molecule has 1 fully saturated rings. The number of aliphatic hydroxyl groups excluding tert-OH is 2. The second-order valence-electron chi connectivity index (χ2n) is 10.4. The highest BCUT2D eigenvalue weighted by molar-refractivity contribution is 5.95. The number of rotatable bonds is 1. The third-order valence-electron chi connectivity index (χ3n) is 6.69. The first-order chi connectivity index (χ1) is 18.0. The molecule has 38 heavy (non-hydrogen) atoms. The number of oxazole rings is 1. The average molecular weight is 530 g/mol. The van der Waals surface area contributed by atoms with E-state index in [2.05, 4.69) is 10.3 Å². The fraction of sp³-hybridized carbons (Fsp3) is 0.571. The summed E-state index contributed by atoms with van der Waals surface area (Å²) in [6.07, 6.45) is 8.37. The van der Waals surface area contributed by atoms with Crippen LogP contribution in [0.1, 0.15) is 63.3 Å². The molecule has 3 heterocycles. The van der Waals surface area contributed by atoms with Gasteiger partial charge in [0, 0.05) is 25.4 Å². The van der Waals surface area contributed by atoms with Crippen LogP contribution < -0.4 is 5.32 Å². The molecular weight excluding hydrogens is 490 g/mol. The van der Waals surface area contributed by atoms with Crippen LogP contribution in [0.5, 0.6) is 0 Å². The predicted molar refractivity (Wildman–Crippen MR) is 140 cm³/mol. The Morgan fingerprint density at radius 3 is 2.68 bits per heavy atom. The van der Waals surface area contributed by atoms with Crippen LogP contribution in [0.3, 0.4) is 0 Å². The van der Waals surface area contributed by atoms with Gasteiger partial charge in [-0.2, -0.15) is 0 Å². The third-order valence-corrected chi connectivity index (χ3v) is 6.69. The van der Waals surface area contributed by atoms with Crippen molar-refractivity contribution in [2.45, 2.75) is 77.7 Å². The predicted octanol–water partition coefficient (Wildman–Crippen LogP) is 2.33. The van der Waals surface area contributed by atoms with Crippen LogP contribution in [0.2, 0.25) is 0 Å². The molecule has 10 nitrogen and oxygen atoms in total. The van der Waals surface area contributed by atoms with E-state index in [1.54, 1.807) is 24.3 Å². The number of nitrogens with zero attached hydrogens (tertiary/aromatic N) is 2. The summed E-state index contributed by atoms with van der Waals surface area (Å²) >= 11 is 0. The molecule has 3 rings (SSSR count). The Kier molecular flexibility index (Phi) is 10.4. The van der Waals surface area contributed by atoms with Crippen LogP contribution in [-0.2, 0) is 20.7 Å². The highest BCUT2D eigenvalue weighted by Gasteiger charge is 2.38. The Morgan fingerprint density at radius 1 is 1.18 bits per heavy atom. The van der Waals surface area contributed by atoms with Gasteiger partial charge in [0.25, 0.3) is 5.91 Å². The van der Waals surface area contributed by atoms with Crippen molar-refractivity contribution in [3.8, 4) is 0 Å². The number of nitrogens with one attached hydrogen (secondary N) is 1. The van der Waals surface area contributed by atoms with Gasteiger partial charge in [-0.3, -0.25) is 9.59 Å². The van der Waals surface area contributed by atoms with Crippen molar-refractivity contribution in [3.05, 3.63) is 53.8 Å². The van der Waals surface area contributed by atoms with Gasteiger partial charge in [0.15, 0.2) is 11.6 Å². The number of ether oxygens (including phenoxy) is 1. The van der Waals surface area contributed by atoms with Crippen LogP contribution in [0.25, 0.3) is 0 Å². The number of aliphatic hydroxyl groups is 2. The van der Waals surface area contributed by atoms with E-state index in [0.717, 1.165) is 5.57 Å². The van der Waals surface area contributed by atoms with E-state index in [4.69, 9.17) is 9.15 Å². The van der Waals surface area contributed by atoms with E-state index in [1.807, 2.05) is 27.7 Å². The van der Waals surface area contributed by atoms with Crippen molar-refractivity contribution in [1.29, 1.82) is 0 Å². The van der Waals surface area contributed by atoms with Gasteiger partial charge in [-0.1, -0.05) is 50.6 Å². The van der Waals surface area contributed by atoms with E-state index < -0.39 is 36.2 Å². The van der Waals surface area contributed by atoms with E-state index in [9.17, 15) is 24.6 Å². The third kappa shape index (κ3) is 8.13. The SMILES string of the molecule is CC1=C\[C@@H](O)C[C@@H](O)Cc2nc(co2)C(=O)N2CCC[C@@H]2C(=O)O[C@@H](C(C)C)[C@@H](C)/C=C/C(=O)NC\C=C\1. The number of hydrogen-bond donors (Lipinski definition) is 3. The topological polar surface area (TPSA) is 142 Å². The van der Waals surface area contributed by atoms with E-state index in [-0.39, 0.29) is 42.2 Å². The maximum atomic E-state index is 13.2. The molecule has 2 bridgehead atoms. The Morgan fingerprint density at radius 2 is 1.95 bits per heavy atom. The zero-order chi connectivity index (χ0) is 27.8. The number of hydrogen-bond acceptors (Lipinski definition) is 8. The highest BCUT2D eigenvalue weighted by atomic mass is 16.5. The normalized spacial score (nSPS) is 31.7. The minimum Gasteiger partial charge on any atom is -0.460 e. The Balaban J connectivity index is 1.85. The Bertz CT molecular complexity index is 1070. The van der Waals surface area contributed by atoms with Gasteiger partial charge < -0.3 is 29.6 Å². The van der Waals surface area contributed by atoms with Crippen molar-refractivity contribution in [3.63, 3.8) is 0 Å². The molecule has 1 aromatic rings. The van der Waals surface area contributed by atoms with Gasteiger partial charge >= 0.3 is 5.97 Å².